The van der Waals surface area contributed by atoms with Crippen LogP contribution in [0.1, 0.15) is 94.6 Å². The second-order valence-corrected chi connectivity index (χ2v) is 17.8. The van der Waals surface area contributed by atoms with E-state index < -0.39 is 0 Å². The number of hydrogen-bond donors (Lipinski definition) is 7. The van der Waals surface area contributed by atoms with Gasteiger partial charge in [0.1, 0.15) is 40.2 Å². The minimum Gasteiger partial charge on any atom is -0.508 e. The van der Waals surface area contributed by atoms with Crippen molar-refractivity contribution in [1.82, 2.24) is 0 Å². The van der Waals surface area contributed by atoms with Crippen molar-refractivity contribution in [2.45, 2.75) is 58.3 Å². The summed E-state index contributed by atoms with van der Waals surface area (Å²) in [5.74, 6) is 0.973. The fourth-order valence-corrected chi connectivity index (χ4v) is 9.67. The van der Waals surface area contributed by atoms with Gasteiger partial charge in [0.25, 0.3) is 0 Å². The van der Waals surface area contributed by atoms with Crippen LogP contribution in [0.15, 0.2) is 146 Å². The van der Waals surface area contributed by atoms with Crippen molar-refractivity contribution in [1.29, 1.82) is 0 Å². The first-order valence-electron chi connectivity index (χ1n) is 21.6. The number of phenolic OH excluding ortho intramolecular Hbond substituents is 7. The molecule has 0 fully saturated rings. The molecule has 16 bridgehead atoms. The fraction of sp³-hybridized carbons (Fsp3) is 0.158. The molecule has 0 saturated carbocycles. The molecule has 7 N–H and O–H groups in total. The number of aromatic hydroxyl groups is 7. The molecule has 64 heavy (non-hydrogen) atoms. The summed E-state index contributed by atoms with van der Waals surface area (Å²) in [5, 5.41) is 76.0. The van der Waals surface area contributed by atoms with Crippen molar-refractivity contribution in [3.63, 3.8) is 0 Å². The lowest BCUT2D eigenvalue weighted by molar-refractivity contribution is 0.472. The van der Waals surface area contributed by atoms with Gasteiger partial charge in [-0.1, -0.05) is 66.2 Å². The molecule has 0 unspecified atom stereocenters. The minimum atomic E-state index is 0.117. The summed E-state index contributed by atoms with van der Waals surface area (Å²) in [4.78, 5) is 0. The van der Waals surface area contributed by atoms with Gasteiger partial charge in [-0.05, 0) is 232 Å². The molecule has 0 saturated heterocycles. The third kappa shape index (κ3) is 10.7. The van der Waals surface area contributed by atoms with Crippen molar-refractivity contribution >= 4 is 0 Å². The van der Waals surface area contributed by atoms with Crippen LogP contribution >= 0.6 is 0 Å². The van der Waals surface area contributed by atoms with E-state index in [1.807, 2.05) is 30.3 Å². The third-order valence-corrected chi connectivity index (χ3v) is 11.7. The second-order valence-electron chi connectivity index (χ2n) is 17.8. The molecule has 1 aliphatic carbocycles. The first-order valence-corrected chi connectivity index (χ1v) is 21.6. The Bertz CT molecular complexity index is 2280. The Balaban J connectivity index is 1.09. The van der Waals surface area contributed by atoms with Gasteiger partial charge in [0.05, 0.1) is 0 Å². The van der Waals surface area contributed by atoms with E-state index in [2.05, 4.69) is 37.3 Å². The Hall–Kier alpha value is -7.64. The molecule has 0 aliphatic heterocycles. The molecule has 0 heterocycles. The Morgan fingerprint density at radius 2 is 0.297 bits per heavy atom. The van der Waals surface area contributed by atoms with Crippen LogP contribution in [0.25, 0.3) is 0 Å². The van der Waals surface area contributed by atoms with Gasteiger partial charge < -0.3 is 35.7 Å². The molecule has 7 nitrogen and oxygen atoms in total. The highest BCUT2D eigenvalue weighted by molar-refractivity contribution is 5.48. The SMILES string of the molecule is Cc1cc2cc(c1)Cc1cc(O)cc(c1)Cc1cc(O)cc(c1)Cc1cc(O)cc(c1)Cc1cc(O)cc(c1)Cc1cc(O)cc(c1)Cc1cc(O)cc(c1)Cc1cc(O)cc(c1)C2. The molecule has 0 atom stereocenters. The van der Waals surface area contributed by atoms with Crippen molar-refractivity contribution < 1.29 is 35.7 Å². The Labute approximate surface area is 373 Å². The van der Waals surface area contributed by atoms with E-state index >= 15 is 0 Å². The quantitative estimate of drug-likeness (QED) is 0.0806. The molecule has 0 aromatic heterocycles. The first kappa shape index (κ1) is 41.7. The van der Waals surface area contributed by atoms with E-state index in [1.165, 1.54) is 0 Å². The van der Waals surface area contributed by atoms with Gasteiger partial charge in [0.15, 0.2) is 0 Å². The van der Waals surface area contributed by atoms with E-state index in [0.717, 1.165) is 94.6 Å². The zero-order chi connectivity index (χ0) is 44.5. The van der Waals surface area contributed by atoms with E-state index in [0.29, 0.717) is 51.4 Å². The third-order valence-electron chi connectivity index (χ3n) is 11.7. The Morgan fingerprint density at radius 1 is 0.188 bits per heavy atom. The summed E-state index contributed by atoms with van der Waals surface area (Å²) in [5.41, 5.74) is 15.7. The largest absolute Gasteiger partial charge is 0.508 e. The maximum Gasteiger partial charge on any atom is 0.116 e. The zero-order valence-corrected chi connectivity index (χ0v) is 35.6. The van der Waals surface area contributed by atoms with E-state index in [-0.39, 0.29) is 40.2 Å². The molecule has 7 heteroatoms. The van der Waals surface area contributed by atoms with Gasteiger partial charge in [-0.3, -0.25) is 0 Å². The topological polar surface area (TPSA) is 142 Å². The fourth-order valence-electron chi connectivity index (χ4n) is 9.67. The standard InChI is InChI=1S/C57H50O7/c1-34-2-35-4-36(3-34)6-38-8-40(23-52(59)21-38)10-42-12-44(27-54(61)25-42)14-46-16-48(31-56(63)29-46)18-50-19-49(32-57(64)33-50)17-47-15-45(28-55(62)30-47)13-43-11-41(24-53(60)26-43)9-39-7-37(5-35)20-51(58)22-39/h2-4,7-8,11-12,15-16,19-33,58-64H,5-6,9-10,13-14,17-18H2,1H3. The number of phenols is 7. The molecule has 0 spiro atoms. The number of rotatable bonds is 0. The average molecular weight is 847 g/mol. The number of benzene rings is 8. The van der Waals surface area contributed by atoms with E-state index in [4.69, 9.17) is 0 Å². The number of aryl methyl sites for hydroxylation is 1. The first-order chi connectivity index (χ1) is 30.7. The summed E-state index contributed by atoms with van der Waals surface area (Å²) in [6.07, 6.45) is 3.99. The van der Waals surface area contributed by atoms with Crippen LogP contribution in [0.4, 0.5) is 0 Å². The van der Waals surface area contributed by atoms with E-state index in [1.54, 1.807) is 84.9 Å². The van der Waals surface area contributed by atoms with Gasteiger partial charge in [-0.15, -0.1) is 0 Å². The monoisotopic (exact) mass is 846 g/mol. The molecule has 0 radical (unpaired) electrons. The predicted molar refractivity (Wildman–Crippen MR) is 250 cm³/mol. The van der Waals surface area contributed by atoms with Crippen LogP contribution in [-0.2, 0) is 51.4 Å². The maximum atomic E-state index is 10.9. The molecule has 1 aliphatic rings. The van der Waals surface area contributed by atoms with Crippen LogP contribution in [0, 0.1) is 6.92 Å². The lowest BCUT2D eigenvalue weighted by Crippen LogP contribution is -1.98. The van der Waals surface area contributed by atoms with Gasteiger partial charge in [-0.25, -0.2) is 0 Å². The van der Waals surface area contributed by atoms with Crippen LogP contribution in [0.2, 0.25) is 0 Å². The van der Waals surface area contributed by atoms with Crippen molar-refractivity contribution in [2.75, 3.05) is 0 Å². The summed E-state index contributed by atoms with van der Waals surface area (Å²) in [6, 6.07) is 45.2. The van der Waals surface area contributed by atoms with Crippen molar-refractivity contribution in [3.05, 3.63) is 240 Å². The summed E-state index contributed by atoms with van der Waals surface area (Å²) in [7, 11) is 0. The minimum absolute atomic E-state index is 0.117. The lowest BCUT2D eigenvalue weighted by Gasteiger charge is -2.13. The van der Waals surface area contributed by atoms with E-state index in [9.17, 15) is 35.7 Å². The molecule has 0 amide bonds. The average Bonchev–Trinajstić information content (AvgIpc) is 3.16. The number of hydrogen-bond acceptors (Lipinski definition) is 7. The van der Waals surface area contributed by atoms with Gasteiger partial charge in [0, 0.05) is 0 Å². The highest BCUT2D eigenvalue weighted by Crippen LogP contribution is 2.31. The van der Waals surface area contributed by atoms with Gasteiger partial charge >= 0.3 is 0 Å². The highest BCUT2D eigenvalue weighted by Gasteiger charge is 2.13. The summed E-state index contributed by atoms with van der Waals surface area (Å²) in [6.45, 7) is 2.07. The molecular weight excluding hydrogens is 797 g/mol. The van der Waals surface area contributed by atoms with Crippen LogP contribution in [0.3, 0.4) is 0 Å². The summed E-state index contributed by atoms with van der Waals surface area (Å²) >= 11 is 0. The Kier molecular flexibility index (Phi) is 11.5. The van der Waals surface area contributed by atoms with Crippen LogP contribution in [0.5, 0.6) is 40.2 Å². The predicted octanol–water partition coefficient (Wildman–Crippen LogP) is 11.0. The maximum absolute atomic E-state index is 10.9. The normalized spacial score (nSPS) is 13.0. The molecule has 320 valence electrons. The Morgan fingerprint density at radius 3 is 0.422 bits per heavy atom. The smallest absolute Gasteiger partial charge is 0.116 e. The van der Waals surface area contributed by atoms with Crippen molar-refractivity contribution in [2.24, 2.45) is 0 Å². The van der Waals surface area contributed by atoms with Gasteiger partial charge in [0.2, 0.25) is 0 Å². The molecular formula is C57H50O7. The molecule has 8 aromatic rings. The van der Waals surface area contributed by atoms with Crippen LogP contribution in [-0.4, -0.2) is 35.7 Å². The second kappa shape index (κ2) is 17.6. The summed E-state index contributed by atoms with van der Waals surface area (Å²) < 4.78 is 0. The number of fused-ring (bicyclic) bond motifs is 16. The highest BCUT2D eigenvalue weighted by atomic mass is 16.3. The lowest BCUT2D eigenvalue weighted by atomic mass is 9.93. The van der Waals surface area contributed by atoms with Crippen LogP contribution < -0.4 is 0 Å². The molecule has 8 aromatic carbocycles. The van der Waals surface area contributed by atoms with Gasteiger partial charge in [-0.2, -0.15) is 0 Å². The molecule has 9 rings (SSSR count). The van der Waals surface area contributed by atoms with Crippen molar-refractivity contribution in [3.8, 4) is 40.2 Å². The zero-order valence-electron chi connectivity index (χ0n) is 35.6.